The van der Waals surface area contributed by atoms with Crippen molar-refractivity contribution in [1.29, 1.82) is 0 Å². The molecule has 1 N–H and O–H groups in total. The van der Waals surface area contributed by atoms with E-state index in [-0.39, 0.29) is 0 Å². The van der Waals surface area contributed by atoms with Crippen LogP contribution in [0, 0.1) is 6.92 Å². The molecule has 0 heterocycles. The molecule has 0 radical (unpaired) electrons. The number of halogens is 1. The average Bonchev–Trinajstić information content (AvgIpc) is 2.34. The van der Waals surface area contributed by atoms with Crippen LogP contribution < -0.4 is 5.32 Å². The number of hydrogen-bond donors (Lipinski definition) is 1. The van der Waals surface area contributed by atoms with Gasteiger partial charge >= 0.3 is 0 Å². The van der Waals surface area contributed by atoms with Gasteiger partial charge in [-0.05, 0) is 56.3 Å². The van der Waals surface area contributed by atoms with Crippen molar-refractivity contribution < 1.29 is 0 Å². The molecule has 2 heteroatoms. The van der Waals surface area contributed by atoms with E-state index in [4.69, 9.17) is 11.6 Å². The largest absolute Gasteiger partial charge is 0.314 e. The number of benzene rings is 1. The number of hydrogen-bond acceptors (Lipinski definition) is 1. The summed E-state index contributed by atoms with van der Waals surface area (Å²) in [6.45, 7) is 7.66. The van der Waals surface area contributed by atoms with Gasteiger partial charge in [0.2, 0.25) is 0 Å². The van der Waals surface area contributed by atoms with Crippen LogP contribution in [0.4, 0.5) is 0 Å². The van der Waals surface area contributed by atoms with Gasteiger partial charge in [-0.3, -0.25) is 0 Å². The van der Waals surface area contributed by atoms with Gasteiger partial charge in [-0.25, -0.2) is 0 Å². The van der Waals surface area contributed by atoms with E-state index >= 15 is 0 Å². The third-order valence-corrected chi connectivity index (χ3v) is 3.64. The van der Waals surface area contributed by atoms with Crippen molar-refractivity contribution in [1.82, 2.24) is 5.32 Å². The van der Waals surface area contributed by atoms with Gasteiger partial charge in [0.15, 0.2) is 0 Å². The maximum Gasteiger partial charge on any atom is 0.0440 e. The first-order valence-corrected chi connectivity index (χ1v) is 7.53. The minimum Gasteiger partial charge on any atom is -0.314 e. The van der Waals surface area contributed by atoms with E-state index in [1.807, 2.05) is 0 Å². The molecule has 1 atom stereocenters. The normalized spacial score (nSPS) is 12.7. The van der Waals surface area contributed by atoms with Crippen LogP contribution in [0.15, 0.2) is 18.2 Å². The quantitative estimate of drug-likeness (QED) is 0.717. The first kappa shape index (κ1) is 15.5. The lowest BCUT2D eigenvalue weighted by atomic mass is 10.0. The Morgan fingerprint density at radius 3 is 2.56 bits per heavy atom. The summed E-state index contributed by atoms with van der Waals surface area (Å²) in [6, 6.07) is 7.01. The average molecular weight is 268 g/mol. The highest BCUT2D eigenvalue weighted by Crippen LogP contribution is 2.20. The van der Waals surface area contributed by atoms with Gasteiger partial charge in [-0.2, -0.15) is 0 Å². The third-order valence-electron chi connectivity index (χ3n) is 3.29. The van der Waals surface area contributed by atoms with Crippen molar-refractivity contribution in [2.45, 2.75) is 58.9 Å². The zero-order chi connectivity index (χ0) is 13.4. The van der Waals surface area contributed by atoms with Crippen molar-refractivity contribution in [3.05, 3.63) is 34.3 Å². The summed E-state index contributed by atoms with van der Waals surface area (Å²) in [5.74, 6) is 0. The number of aryl methyl sites for hydroxylation is 2. The van der Waals surface area contributed by atoms with Gasteiger partial charge in [0.25, 0.3) is 0 Å². The summed E-state index contributed by atoms with van der Waals surface area (Å²) in [4.78, 5) is 0. The van der Waals surface area contributed by atoms with E-state index in [0.29, 0.717) is 6.04 Å². The molecule has 1 aromatic rings. The predicted octanol–water partition coefficient (Wildman–Crippen LogP) is 4.75. The molecule has 0 aliphatic carbocycles. The SMILES string of the molecule is CCCNC(CCC)CCc1ccc(C)cc1Cl. The monoisotopic (exact) mass is 267 g/mol. The van der Waals surface area contributed by atoms with Gasteiger partial charge in [-0.1, -0.05) is 44.0 Å². The summed E-state index contributed by atoms with van der Waals surface area (Å²) in [5, 5.41) is 4.55. The van der Waals surface area contributed by atoms with Crippen molar-refractivity contribution in [2.75, 3.05) is 6.54 Å². The highest BCUT2D eigenvalue weighted by atomic mass is 35.5. The Balaban J connectivity index is 2.49. The zero-order valence-corrected chi connectivity index (χ0v) is 12.7. The van der Waals surface area contributed by atoms with E-state index in [9.17, 15) is 0 Å². The molecule has 0 saturated heterocycles. The fourth-order valence-corrected chi connectivity index (χ4v) is 2.56. The predicted molar refractivity (Wildman–Crippen MR) is 81.5 cm³/mol. The number of rotatable bonds is 8. The van der Waals surface area contributed by atoms with Crippen molar-refractivity contribution >= 4 is 11.6 Å². The Bertz CT molecular complexity index is 349. The summed E-state index contributed by atoms with van der Waals surface area (Å²) in [5.41, 5.74) is 2.51. The maximum atomic E-state index is 6.27. The van der Waals surface area contributed by atoms with E-state index in [2.05, 4.69) is 44.3 Å². The molecule has 1 rings (SSSR count). The van der Waals surface area contributed by atoms with Crippen LogP contribution in [0.3, 0.4) is 0 Å². The van der Waals surface area contributed by atoms with Crippen LogP contribution in [-0.4, -0.2) is 12.6 Å². The molecule has 0 aliphatic rings. The fourth-order valence-electron chi connectivity index (χ4n) is 2.23. The van der Waals surface area contributed by atoms with Crippen LogP contribution >= 0.6 is 11.6 Å². The second-order valence-corrected chi connectivity index (χ2v) is 5.48. The fraction of sp³-hybridized carbons (Fsp3) is 0.625. The first-order chi connectivity index (χ1) is 8.67. The summed E-state index contributed by atoms with van der Waals surface area (Å²) >= 11 is 6.27. The molecule has 0 aliphatic heterocycles. The first-order valence-electron chi connectivity index (χ1n) is 7.15. The minimum atomic E-state index is 0.632. The van der Waals surface area contributed by atoms with E-state index in [1.165, 1.54) is 36.8 Å². The van der Waals surface area contributed by atoms with E-state index < -0.39 is 0 Å². The highest BCUT2D eigenvalue weighted by molar-refractivity contribution is 6.31. The number of nitrogens with one attached hydrogen (secondary N) is 1. The van der Waals surface area contributed by atoms with Gasteiger partial charge in [0.1, 0.15) is 0 Å². The van der Waals surface area contributed by atoms with Crippen LogP contribution in [-0.2, 0) is 6.42 Å². The summed E-state index contributed by atoms with van der Waals surface area (Å²) in [6.07, 6.45) is 5.94. The standard InChI is InChI=1S/C16H26ClN/c1-4-6-15(18-11-5-2)10-9-14-8-7-13(3)12-16(14)17/h7-8,12,15,18H,4-6,9-11H2,1-3H3. The second kappa shape index (κ2) is 8.55. The van der Waals surface area contributed by atoms with Crippen LogP contribution in [0.2, 0.25) is 5.02 Å². The van der Waals surface area contributed by atoms with Crippen molar-refractivity contribution in [3.8, 4) is 0 Å². The molecule has 1 nitrogen and oxygen atoms in total. The van der Waals surface area contributed by atoms with E-state index in [0.717, 1.165) is 18.0 Å². The summed E-state index contributed by atoms with van der Waals surface area (Å²) in [7, 11) is 0. The Kier molecular flexibility index (Phi) is 7.38. The molecule has 18 heavy (non-hydrogen) atoms. The van der Waals surface area contributed by atoms with Crippen molar-refractivity contribution in [3.63, 3.8) is 0 Å². The molecule has 0 amide bonds. The van der Waals surface area contributed by atoms with Crippen LogP contribution in [0.1, 0.15) is 50.7 Å². The molecule has 102 valence electrons. The lowest BCUT2D eigenvalue weighted by molar-refractivity contribution is 0.449. The maximum absolute atomic E-state index is 6.27. The highest BCUT2D eigenvalue weighted by Gasteiger charge is 2.08. The minimum absolute atomic E-state index is 0.632. The van der Waals surface area contributed by atoms with E-state index in [1.54, 1.807) is 0 Å². The van der Waals surface area contributed by atoms with Crippen LogP contribution in [0.5, 0.6) is 0 Å². The van der Waals surface area contributed by atoms with Gasteiger partial charge in [0.05, 0.1) is 0 Å². The molecular weight excluding hydrogens is 242 g/mol. The Hall–Kier alpha value is -0.530. The lowest BCUT2D eigenvalue weighted by Gasteiger charge is -2.18. The molecule has 0 spiro atoms. The van der Waals surface area contributed by atoms with Crippen LogP contribution in [0.25, 0.3) is 0 Å². The summed E-state index contributed by atoms with van der Waals surface area (Å²) < 4.78 is 0. The Labute approximate surface area is 117 Å². The smallest absolute Gasteiger partial charge is 0.0440 e. The van der Waals surface area contributed by atoms with Gasteiger partial charge in [0, 0.05) is 11.1 Å². The zero-order valence-electron chi connectivity index (χ0n) is 11.9. The molecule has 1 unspecified atom stereocenters. The third kappa shape index (κ3) is 5.41. The topological polar surface area (TPSA) is 12.0 Å². The van der Waals surface area contributed by atoms with Gasteiger partial charge in [-0.15, -0.1) is 0 Å². The molecule has 0 saturated carbocycles. The molecular formula is C16H26ClN. The molecule has 0 fully saturated rings. The Morgan fingerprint density at radius 2 is 1.94 bits per heavy atom. The molecule has 0 bridgehead atoms. The second-order valence-electron chi connectivity index (χ2n) is 5.07. The molecule has 1 aromatic carbocycles. The van der Waals surface area contributed by atoms with Gasteiger partial charge < -0.3 is 5.32 Å². The van der Waals surface area contributed by atoms with Crippen molar-refractivity contribution in [2.24, 2.45) is 0 Å². The Morgan fingerprint density at radius 1 is 1.17 bits per heavy atom. The lowest BCUT2D eigenvalue weighted by Crippen LogP contribution is -2.30. The molecule has 0 aromatic heterocycles.